The van der Waals surface area contributed by atoms with Crippen molar-refractivity contribution in [1.82, 2.24) is 19.5 Å². The van der Waals surface area contributed by atoms with Crippen LogP contribution < -0.4 is 0 Å². The third kappa shape index (κ3) is 3.57. The van der Waals surface area contributed by atoms with Crippen LogP contribution in [0, 0.1) is 5.92 Å². The molecule has 130 valence electrons. The summed E-state index contributed by atoms with van der Waals surface area (Å²) < 4.78 is 12.8. The van der Waals surface area contributed by atoms with Crippen molar-refractivity contribution in [3.05, 3.63) is 30.2 Å². The Morgan fingerprint density at radius 3 is 3.08 bits per heavy atom. The first-order chi connectivity index (χ1) is 11.5. The van der Waals surface area contributed by atoms with Crippen LogP contribution in [0.2, 0.25) is 0 Å². The normalized spacial score (nSPS) is 19.5. The third-order valence-electron chi connectivity index (χ3n) is 4.46. The van der Waals surface area contributed by atoms with Gasteiger partial charge in [-0.1, -0.05) is 0 Å². The Morgan fingerprint density at radius 2 is 2.29 bits per heavy atom. The highest BCUT2D eigenvalue weighted by Gasteiger charge is 2.34. The number of amides is 1. The Labute approximate surface area is 141 Å². The average Bonchev–Trinajstić information content (AvgIpc) is 2.92. The second kappa shape index (κ2) is 6.86. The summed E-state index contributed by atoms with van der Waals surface area (Å²) in [5, 5.41) is 4.57. The first kappa shape index (κ1) is 16.9. The van der Waals surface area contributed by atoms with Crippen molar-refractivity contribution < 1.29 is 14.3 Å². The summed E-state index contributed by atoms with van der Waals surface area (Å²) in [5.41, 5.74) is 0.979. The lowest BCUT2D eigenvalue weighted by molar-refractivity contribution is -0.151. The van der Waals surface area contributed by atoms with Crippen molar-refractivity contribution in [2.45, 2.75) is 25.9 Å². The maximum atomic E-state index is 12.7. The first-order valence-corrected chi connectivity index (χ1v) is 8.21. The van der Waals surface area contributed by atoms with Crippen LogP contribution in [-0.4, -0.2) is 64.4 Å². The van der Waals surface area contributed by atoms with E-state index >= 15 is 0 Å². The molecule has 0 saturated carbocycles. The zero-order valence-electron chi connectivity index (χ0n) is 14.4. The van der Waals surface area contributed by atoms with Crippen molar-refractivity contribution in [2.75, 3.05) is 33.4 Å². The minimum absolute atomic E-state index is 0.00137. The largest absolute Gasteiger partial charge is 0.379 e. The van der Waals surface area contributed by atoms with E-state index in [0.29, 0.717) is 26.3 Å². The molecule has 0 spiro atoms. The standard InChI is InChI=1S/C17H24N4O3/c1-17(2,23-3)16(22)20-8-9-24-12-13(11-20)10-14-4-5-15-18-6-7-21(15)19-14/h4-7,13H,8-12H2,1-3H3. The number of rotatable bonds is 4. The molecule has 1 unspecified atom stereocenters. The fourth-order valence-electron chi connectivity index (χ4n) is 2.92. The molecule has 0 aromatic carbocycles. The Kier molecular flexibility index (Phi) is 4.82. The van der Waals surface area contributed by atoms with Crippen LogP contribution in [0.5, 0.6) is 0 Å². The van der Waals surface area contributed by atoms with E-state index in [1.54, 1.807) is 31.7 Å². The van der Waals surface area contributed by atoms with Gasteiger partial charge in [-0.05, 0) is 32.4 Å². The summed E-state index contributed by atoms with van der Waals surface area (Å²) in [6.07, 6.45) is 4.32. The highest BCUT2D eigenvalue weighted by atomic mass is 16.5. The van der Waals surface area contributed by atoms with Crippen LogP contribution in [0.15, 0.2) is 24.5 Å². The monoisotopic (exact) mass is 332 g/mol. The van der Waals surface area contributed by atoms with Gasteiger partial charge in [-0.25, -0.2) is 9.50 Å². The number of carbonyl (C=O) groups excluding carboxylic acids is 1. The molecule has 1 atom stereocenters. The van der Waals surface area contributed by atoms with Gasteiger partial charge in [0.05, 0.1) is 18.9 Å². The molecule has 7 heteroatoms. The number of nitrogens with zero attached hydrogens (tertiary/aromatic N) is 4. The van der Waals surface area contributed by atoms with Gasteiger partial charge in [0.15, 0.2) is 5.65 Å². The van der Waals surface area contributed by atoms with Crippen LogP contribution in [-0.2, 0) is 20.7 Å². The van der Waals surface area contributed by atoms with Crippen LogP contribution >= 0.6 is 0 Å². The predicted octanol–water partition coefficient (Wildman–Crippen LogP) is 1.17. The molecule has 1 saturated heterocycles. The molecule has 2 aromatic rings. The molecule has 1 aliphatic rings. The molecule has 7 nitrogen and oxygen atoms in total. The van der Waals surface area contributed by atoms with Gasteiger partial charge < -0.3 is 14.4 Å². The number of hydrogen-bond acceptors (Lipinski definition) is 5. The van der Waals surface area contributed by atoms with Crippen molar-refractivity contribution >= 4 is 11.6 Å². The molecule has 0 radical (unpaired) electrons. The quantitative estimate of drug-likeness (QED) is 0.841. The molecule has 0 bridgehead atoms. The van der Waals surface area contributed by atoms with Gasteiger partial charge in [0.2, 0.25) is 0 Å². The highest BCUT2D eigenvalue weighted by molar-refractivity contribution is 5.84. The maximum absolute atomic E-state index is 12.7. The Morgan fingerprint density at radius 1 is 1.46 bits per heavy atom. The van der Waals surface area contributed by atoms with Crippen molar-refractivity contribution in [3.63, 3.8) is 0 Å². The molecule has 1 aliphatic heterocycles. The number of fused-ring (bicyclic) bond motifs is 1. The van der Waals surface area contributed by atoms with Crippen LogP contribution in [0.1, 0.15) is 19.5 Å². The number of ether oxygens (including phenoxy) is 2. The molecule has 2 aromatic heterocycles. The lowest BCUT2D eigenvalue weighted by Gasteiger charge is -2.31. The minimum atomic E-state index is -0.817. The number of methoxy groups -OCH3 is 1. The molecule has 3 heterocycles. The van der Waals surface area contributed by atoms with Crippen molar-refractivity contribution in [1.29, 1.82) is 0 Å². The van der Waals surface area contributed by atoms with Crippen LogP contribution in [0.3, 0.4) is 0 Å². The van der Waals surface area contributed by atoms with Gasteiger partial charge in [0.25, 0.3) is 5.91 Å². The predicted molar refractivity (Wildman–Crippen MR) is 88.7 cm³/mol. The molecular formula is C17H24N4O3. The van der Waals surface area contributed by atoms with E-state index in [4.69, 9.17) is 9.47 Å². The minimum Gasteiger partial charge on any atom is -0.379 e. The summed E-state index contributed by atoms with van der Waals surface area (Å²) in [5.74, 6) is 0.205. The Balaban J connectivity index is 1.71. The second-order valence-corrected chi connectivity index (χ2v) is 6.67. The van der Waals surface area contributed by atoms with Gasteiger partial charge >= 0.3 is 0 Å². The number of aromatic nitrogens is 3. The second-order valence-electron chi connectivity index (χ2n) is 6.67. The first-order valence-electron chi connectivity index (χ1n) is 8.21. The Hall–Kier alpha value is -1.99. The molecule has 0 aliphatic carbocycles. The molecule has 1 amide bonds. The van der Waals surface area contributed by atoms with E-state index < -0.39 is 5.60 Å². The van der Waals surface area contributed by atoms with Gasteiger partial charge in [0.1, 0.15) is 5.60 Å². The van der Waals surface area contributed by atoms with Crippen molar-refractivity contribution in [2.24, 2.45) is 5.92 Å². The number of imidazole rings is 1. The summed E-state index contributed by atoms with van der Waals surface area (Å²) in [6, 6.07) is 3.94. The maximum Gasteiger partial charge on any atom is 0.254 e. The van der Waals surface area contributed by atoms with Gasteiger partial charge in [0, 0.05) is 38.5 Å². The molecule has 1 fully saturated rings. The van der Waals surface area contributed by atoms with E-state index in [0.717, 1.165) is 17.8 Å². The van der Waals surface area contributed by atoms with E-state index in [9.17, 15) is 4.79 Å². The van der Waals surface area contributed by atoms with Crippen LogP contribution in [0.25, 0.3) is 5.65 Å². The molecule has 3 rings (SSSR count). The van der Waals surface area contributed by atoms with E-state index in [2.05, 4.69) is 10.1 Å². The molecule has 0 N–H and O–H groups in total. The SMILES string of the molecule is COC(C)(C)C(=O)N1CCOCC(Cc2ccc3nccn3n2)C1. The molecular weight excluding hydrogens is 308 g/mol. The van der Waals surface area contributed by atoms with E-state index in [1.165, 1.54) is 0 Å². The fourth-order valence-corrected chi connectivity index (χ4v) is 2.92. The van der Waals surface area contributed by atoms with E-state index in [-0.39, 0.29) is 11.8 Å². The third-order valence-corrected chi connectivity index (χ3v) is 4.46. The zero-order valence-corrected chi connectivity index (χ0v) is 14.4. The lowest BCUT2D eigenvalue weighted by atomic mass is 10.0. The zero-order chi connectivity index (χ0) is 17.2. The summed E-state index contributed by atoms with van der Waals surface area (Å²) in [4.78, 5) is 18.7. The van der Waals surface area contributed by atoms with Gasteiger partial charge in [-0.15, -0.1) is 0 Å². The van der Waals surface area contributed by atoms with Crippen molar-refractivity contribution in [3.8, 4) is 0 Å². The van der Waals surface area contributed by atoms with E-state index in [1.807, 2.05) is 23.2 Å². The van der Waals surface area contributed by atoms with Gasteiger partial charge in [-0.2, -0.15) is 5.10 Å². The number of hydrogen-bond donors (Lipinski definition) is 0. The van der Waals surface area contributed by atoms with Crippen LogP contribution in [0.4, 0.5) is 0 Å². The number of carbonyl (C=O) groups is 1. The summed E-state index contributed by atoms with van der Waals surface area (Å²) in [7, 11) is 1.56. The lowest BCUT2D eigenvalue weighted by Crippen LogP contribution is -2.48. The highest BCUT2D eigenvalue weighted by Crippen LogP contribution is 2.18. The smallest absolute Gasteiger partial charge is 0.254 e. The topological polar surface area (TPSA) is 69.0 Å². The fraction of sp³-hybridized carbons (Fsp3) is 0.588. The average molecular weight is 332 g/mol. The summed E-state index contributed by atoms with van der Waals surface area (Å²) in [6.45, 7) is 6.01. The van der Waals surface area contributed by atoms with Gasteiger partial charge in [-0.3, -0.25) is 4.79 Å². The Bertz CT molecular complexity index is 713. The molecule has 24 heavy (non-hydrogen) atoms. The summed E-state index contributed by atoms with van der Waals surface area (Å²) >= 11 is 0.